The van der Waals surface area contributed by atoms with Crippen LogP contribution in [0.25, 0.3) is 11.0 Å². The normalized spacial score (nSPS) is 10.8. The first-order valence-corrected chi connectivity index (χ1v) is 8.05. The first kappa shape index (κ1) is 14.5. The molecule has 0 N–H and O–H groups in total. The summed E-state index contributed by atoms with van der Waals surface area (Å²) in [4.78, 5) is 4.54. The second kappa shape index (κ2) is 6.59. The Morgan fingerprint density at radius 3 is 2.25 bits per heavy atom. The van der Waals surface area contributed by atoms with E-state index in [-0.39, 0.29) is 0 Å². The number of rotatable bonds is 5. The standard InChI is InChI=1S/C21H18N2O/c1-3-7-17(8-4-1)15-23-14-12-19-20(11-13-22-21(19)23)24-16-18-9-5-2-6-10-18/h1-14H,15-16H2. The molecule has 4 rings (SSSR count). The van der Waals surface area contributed by atoms with Gasteiger partial charge in [0.2, 0.25) is 0 Å². The summed E-state index contributed by atoms with van der Waals surface area (Å²) in [7, 11) is 0. The Balaban J connectivity index is 1.59. The number of fused-ring (bicyclic) bond motifs is 1. The maximum absolute atomic E-state index is 6.02. The minimum Gasteiger partial charge on any atom is -0.488 e. The molecule has 0 fully saturated rings. The van der Waals surface area contributed by atoms with Gasteiger partial charge in [0.25, 0.3) is 0 Å². The molecule has 0 aliphatic heterocycles. The molecule has 0 saturated carbocycles. The molecular weight excluding hydrogens is 296 g/mol. The van der Waals surface area contributed by atoms with Crippen LogP contribution in [0.4, 0.5) is 0 Å². The Morgan fingerprint density at radius 1 is 0.792 bits per heavy atom. The van der Waals surface area contributed by atoms with Crippen LogP contribution < -0.4 is 4.74 Å². The summed E-state index contributed by atoms with van der Waals surface area (Å²) in [6.45, 7) is 1.36. The summed E-state index contributed by atoms with van der Waals surface area (Å²) in [6, 6.07) is 24.6. The van der Waals surface area contributed by atoms with Gasteiger partial charge in [0, 0.05) is 18.9 Å². The zero-order chi connectivity index (χ0) is 16.2. The van der Waals surface area contributed by atoms with Gasteiger partial charge >= 0.3 is 0 Å². The lowest BCUT2D eigenvalue weighted by atomic mass is 10.2. The van der Waals surface area contributed by atoms with Gasteiger partial charge in [0.1, 0.15) is 18.0 Å². The number of pyridine rings is 1. The molecular formula is C21H18N2O. The van der Waals surface area contributed by atoms with Crippen LogP contribution in [-0.2, 0) is 13.2 Å². The van der Waals surface area contributed by atoms with Gasteiger partial charge < -0.3 is 9.30 Å². The highest BCUT2D eigenvalue weighted by Gasteiger charge is 2.08. The largest absolute Gasteiger partial charge is 0.488 e. The van der Waals surface area contributed by atoms with E-state index in [1.165, 1.54) is 5.56 Å². The lowest BCUT2D eigenvalue weighted by molar-refractivity contribution is 0.310. The number of benzene rings is 2. The van der Waals surface area contributed by atoms with Crippen LogP contribution >= 0.6 is 0 Å². The van der Waals surface area contributed by atoms with Gasteiger partial charge in [-0.15, -0.1) is 0 Å². The minimum absolute atomic E-state index is 0.559. The summed E-state index contributed by atoms with van der Waals surface area (Å²) in [5.74, 6) is 0.871. The quantitative estimate of drug-likeness (QED) is 0.535. The van der Waals surface area contributed by atoms with Crippen molar-refractivity contribution in [2.24, 2.45) is 0 Å². The third kappa shape index (κ3) is 3.01. The average molecular weight is 314 g/mol. The van der Waals surface area contributed by atoms with Crippen LogP contribution in [0.2, 0.25) is 0 Å². The molecule has 0 spiro atoms. The van der Waals surface area contributed by atoms with Crippen LogP contribution in [-0.4, -0.2) is 9.55 Å². The van der Waals surface area contributed by atoms with Crippen molar-refractivity contribution in [1.82, 2.24) is 9.55 Å². The summed E-state index contributed by atoms with van der Waals surface area (Å²) in [5.41, 5.74) is 3.36. The first-order valence-electron chi connectivity index (χ1n) is 8.05. The molecule has 0 radical (unpaired) electrons. The van der Waals surface area contributed by atoms with Gasteiger partial charge in [0.05, 0.1) is 5.39 Å². The third-order valence-corrected chi connectivity index (χ3v) is 4.06. The predicted octanol–water partition coefficient (Wildman–Crippen LogP) is 4.66. The SMILES string of the molecule is c1ccc(COc2ccnc3c2ccn3Cc2ccccc2)cc1. The van der Waals surface area contributed by atoms with E-state index in [0.29, 0.717) is 6.61 Å². The minimum atomic E-state index is 0.559. The van der Waals surface area contributed by atoms with Crippen molar-refractivity contribution < 1.29 is 4.74 Å². The molecule has 0 saturated heterocycles. The summed E-state index contributed by atoms with van der Waals surface area (Å²) in [6.07, 6.45) is 3.88. The first-order chi connectivity index (χ1) is 11.9. The fourth-order valence-corrected chi connectivity index (χ4v) is 2.83. The van der Waals surface area contributed by atoms with Crippen molar-refractivity contribution in [3.05, 3.63) is 96.3 Å². The van der Waals surface area contributed by atoms with Gasteiger partial charge in [-0.1, -0.05) is 60.7 Å². The monoisotopic (exact) mass is 314 g/mol. The van der Waals surface area contributed by atoms with Gasteiger partial charge in [-0.2, -0.15) is 0 Å². The highest BCUT2D eigenvalue weighted by Crippen LogP contribution is 2.26. The van der Waals surface area contributed by atoms with E-state index in [0.717, 1.165) is 28.9 Å². The molecule has 118 valence electrons. The Hall–Kier alpha value is -3.07. The molecule has 0 aliphatic carbocycles. The van der Waals surface area contributed by atoms with Crippen molar-refractivity contribution in [3.8, 4) is 5.75 Å². The maximum atomic E-state index is 6.02. The fourth-order valence-electron chi connectivity index (χ4n) is 2.83. The molecule has 0 unspecified atom stereocenters. The number of hydrogen-bond acceptors (Lipinski definition) is 2. The smallest absolute Gasteiger partial charge is 0.143 e. The van der Waals surface area contributed by atoms with Crippen molar-refractivity contribution >= 4 is 11.0 Å². The van der Waals surface area contributed by atoms with E-state index in [9.17, 15) is 0 Å². The third-order valence-electron chi connectivity index (χ3n) is 4.06. The molecule has 0 aliphatic rings. The van der Waals surface area contributed by atoms with Crippen molar-refractivity contribution in [1.29, 1.82) is 0 Å². The van der Waals surface area contributed by atoms with Crippen LogP contribution in [0.3, 0.4) is 0 Å². The van der Waals surface area contributed by atoms with Crippen molar-refractivity contribution in [3.63, 3.8) is 0 Å². The van der Waals surface area contributed by atoms with Gasteiger partial charge in [-0.05, 0) is 23.3 Å². The topological polar surface area (TPSA) is 27.1 Å². The fraction of sp³-hybridized carbons (Fsp3) is 0.0952. The van der Waals surface area contributed by atoms with E-state index >= 15 is 0 Å². The van der Waals surface area contributed by atoms with Crippen molar-refractivity contribution in [2.45, 2.75) is 13.2 Å². The number of ether oxygens (including phenoxy) is 1. The van der Waals surface area contributed by atoms with Crippen molar-refractivity contribution in [2.75, 3.05) is 0 Å². The van der Waals surface area contributed by atoms with Crippen LogP contribution in [0.1, 0.15) is 11.1 Å². The Bertz CT molecular complexity index is 930. The molecule has 2 aromatic heterocycles. The molecule has 24 heavy (non-hydrogen) atoms. The Labute approximate surface area is 141 Å². The van der Waals surface area contributed by atoms with E-state index in [1.807, 2.05) is 36.5 Å². The highest BCUT2D eigenvalue weighted by molar-refractivity contribution is 5.83. The zero-order valence-electron chi connectivity index (χ0n) is 13.3. The molecule has 3 heteroatoms. The molecule has 3 nitrogen and oxygen atoms in total. The molecule has 2 heterocycles. The van der Waals surface area contributed by atoms with E-state index < -0.39 is 0 Å². The van der Waals surface area contributed by atoms with E-state index in [4.69, 9.17) is 4.74 Å². The number of nitrogens with zero attached hydrogens (tertiary/aromatic N) is 2. The molecule has 0 atom stereocenters. The van der Waals surface area contributed by atoms with Gasteiger partial charge in [-0.25, -0.2) is 4.98 Å². The van der Waals surface area contributed by atoms with Gasteiger partial charge in [0.15, 0.2) is 0 Å². The molecule has 0 bridgehead atoms. The Kier molecular flexibility index (Phi) is 3.98. The van der Waals surface area contributed by atoms with Gasteiger partial charge in [-0.3, -0.25) is 0 Å². The van der Waals surface area contributed by atoms with Crippen LogP contribution in [0, 0.1) is 0 Å². The van der Waals surface area contributed by atoms with Crippen LogP contribution in [0.15, 0.2) is 85.2 Å². The van der Waals surface area contributed by atoms with Crippen LogP contribution in [0.5, 0.6) is 5.75 Å². The maximum Gasteiger partial charge on any atom is 0.143 e. The highest BCUT2D eigenvalue weighted by atomic mass is 16.5. The Morgan fingerprint density at radius 2 is 1.50 bits per heavy atom. The molecule has 2 aromatic carbocycles. The summed E-state index contributed by atoms with van der Waals surface area (Å²) in [5, 5.41) is 1.05. The van der Waals surface area contributed by atoms with E-state index in [2.05, 4.69) is 58.2 Å². The lowest BCUT2D eigenvalue weighted by Gasteiger charge is -2.09. The second-order valence-corrected chi connectivity index (χ2v) is 5.75. The summed E-state index contributed by atoms with van der Waals surface area (Å²) >= 11 is 0. The molecule has 4 aromatic rings. The number of aromatic nitrogens is 2. The average Bonchev–Trinajstić information content (AvgIpc) is 3.05. The van der Waals surface area contributed by atoms with E-state index in [1.54, 1.807) is 0 Å². The zero-order valence-corrected chi connectivity index (χ0v) is 13.3. The number of hydrogen-bond donors (Lipinski definition) is 0. The summed E-state index contributed by atoms with van der Waals surface area (Å²) < 4.78 is 8.17. The lowest BCUT2D eigenvalue weighted by Crippen LogP contribution is -2.00. The predicted molar refractivity (Wildman–Crippen MR) is 96.1 cm³/mol. The molecule has 0 amide bonds. The second-order valence-electron chi connectivity index (χ2n) is 5.75.